The van der Waals surface area contributed by atoms with Crippen molar-refractivity contribution in [1.29, 1.82) is 0 Å². The fourth-order valence-corrected chi connectivity index (χ4v) is 4.40. The zero-order chi connectivity index (χ0) is 24.8. The van der Waals surface area contributed by atoms with E-state index in [4.69, 9.17) is 14.2 Å². The molecule has 0 spiro atoms. The number of nitrogens with one attached hydrogen (secondary N) is 2. The van der Waals surface area contributed by atoms with E-state index in [1.165, 1.54) is 43.3 Å². The Balaban J connectivity index is 1.42. The number of benzene rings is 2. The molecule has 2 aromatic carbocycles. The molecule has 1 aliphatic carbocycles. The van der Waals surface area contributed by atoms with Gasteiger partial charge in [-0.3, -0.25) is 9.59 Å². The predicted molar refractivity (Wildman–Crippen MR) is 132 cm³/mol. The Morgan fingerprint density at radius 2 is 1.69 bits per heavy atom. The fourth-order valence-electron chi connectivity index (χ4n) is 3.78. The Labute approximate surface area is 207 Å². The monoisotopic (exact) mass is 494 g/mol. The molecule has 1 saturated carbocycles. The molecule has 1 heterocycles. The van der Waals surface area contributed by atoms with Crippen LogP contribution in [-0.2, 0) is 14.9 Å². The van der Waals surface area contributed by atoms with Crippen molar-refractivity contribution in [3.05, 3.63) is 76.0 Å². The molecule has 182 valence electrons. The summed E-state index contributed by atoms with van der Waals surface area (Å²) in [5, 5.41) is 7.36. The highest BCUT2D eigenvalue weighted by molar-refractivity contribution is 7.12. The quantitative estimate of drug-likeness (QED) is 0.413. The van der Waals surface area contributed by atoms with Crippen LogP contribution in [0.25, 0.3) is 0 Å². The van der Waals surface area contributed by atoms with Gasteiger partial charge in [-0.15, -0.1) is 11.3 Å². The molecule has 2 amide bonds. The molecule has 0 bridgehead atoms. The van der Waals surface area contributed by atoms with E-state index in [1.807, 2.05) is 18.2 Å². The number of methoxy groups -OCH3 is 2. The van der Waals surface area contributed by atoms with Crippen molar-refractivity contribution in [2.45, 2.75) is 18.3 Å². The highest BCUT2D eigenvalue weighted by Crippen LogP contribution is 2.47. The van der Waals surface area contributed by atoms with Crippen LogP contribution >= 0.6 is 11.3 Å². The van der Waals surface area contributed by atoms with Crippen molar-refractivity contribution in [1.82, 2.24) is 5.32 Å². The number of rotatable bonds is 10. The van der Waals surface area contributed by atoms with E-state index in [9.17, 15) is 14.4 Å². The van der Waals surface area contributed by atoms with Crippen molar-refractivity contribution in [2.24, 2.45) is 0 Å². The summed E-state index contributed by atoms with van der Waals surface area (Å²) in [4.78, 5) is 38.4. The van der Waals surface area contributed by atoms with E-state index in [0.717, 1.165) is 12.8 Å². The van der Waals surface area contributed by atoms with E-state index in [2.05, 4.69) is 22.8 Å². The molecule has 0 aliphatic heterocycles. The summed E-state index contributed by atoms with van der Waals surface area (Å²) in [6.45, 7) is 0.0300. The van der Waals surface area contributed by atoms with Gasteiger partial charge in [0, 0.05) is 24.1 Å². The van der Waals surface area contributed by atoms with Crippen molar-refractivity contribution < 1.29 is 28.6 Å². The summed E-state index contributed by atoms with van der Waals surface area (Å²) in [6, 6.07) is 16.4. The zero-order valence-electron chi connectivity index (χ0n) is 19.5. The first kappa shape index (κ1) is 24.3. The van der Waals surface area contributed by atoms with Crippen LogP contribution in [0.2, 0.25) is 0 Å². The molecule has 0 unspecified atom stereocenters. The predicted octanol–water partition coefficient (Wildman–Crippen LogP) is 4.02. The van der Waals surface area contributed by atoms with Gasteiger partial charge in [-0.25, -0.2) is 4.79 Å². The lowest BCUT2D eigenvalue weighted by Gasteiger charge is -2.17. The van der Waals surface area contributed by atoms with Crippen LogP contribution in [0.4, 0.5) is 5.69 Å². The molecule has 0 radical (unpaired) electrons. The van der Waals surface area contributed by atoms with Crippen LogP contribution in [0.15, 0.2) is 60.0 Å². The van der Waals surface area contributed by atoms with Gasteiger partial charge < -0.3 is 24.8 Å². The average molecular weight is 495 g/mol. The highest BCUT2D eigenvalue weighted by atomic mass is 32.1. The minimum Gasteiger partial charge on any atom is -0.493 e. The lowest BCUT2D eigenvalue weighted by Crippen LogP contribution is -2.35. The Morgan fingerprint density at radius 3 is 2.31 bits per heavy atom. The number of hydrogen-bond acceptors (Lipinski definition) is 7. The molecule has 0 saturated heterocycles. The third kappa shape index (κ3) is 5.63. The second kappa shape index (κ2) is 10.6. The van der Waals surface area contributed by atoms with Crippen LogP contribution in [0, 0.1) is 0 Å². The Bertz CT molecular complexity index is 1210. The number of thiophene rings is 1. The van der Waals surface area contributed by atoms with Gasteiger partial charge in [-0.1, -0.05) is 36.4 Å². The van der Waals surface area contributed by atoms with E-state index >= 15 is 0 Å². The summed E-state index contributed by atoms with van der Waals surface area (Å²) in [5.74, 6) is -0.929. The van der Waals surface area contributed by atoms with Gasteiger partial charge in [0.25, 0.3) is 11.8 Å². The summed E-state index contributed by atoms with van der Waals surface area (Å²) < 4.78 is 15.9. The van der Waals surface area contributed by atoms with Gasteiger partial charge in [0.2, 0.25) is 0 Å². The number of hydrogen-bond donors (Lipinski definition) is 2. The third-order valence-electron chi connectivity index (χ3n) is 5.93. The van der Waals surface area contributed by atoms with Crippen LogP contribution in [-0.4, -0.2) is 45.2 Å². The van der Waals surface area contributed by atoms with E-state index in [-0.39, 0.29) is 28.3 Å². The summed E-state index contributed by atoms with van der Waals surface area (Å²) in [5.41, 5.74) is 1.37. The Hall–Kier alpha value is -3.85. The molecule has 1 fully saturated rings. The van der Waals surface area contributed by atoms with E-state index < -0.39 is 18.5 Å². The van der Waals surface area contributed by atoms with Crippen molar-refractivity contribution in [3.63, 3.8) is 0 Å². The molecule has 1 aromatic heterocycles. The maximum absolute atomic E-state index is 12.9. The summed E-state index contributed by atoms with van der Waals surface area (Å²) in [6.07, 6.45) is 1.99. The number of ether oxygens (including phenoxy) is 3. The molecular weight excluding hydrogens is 468 g/mol. The van der Waals surface area contributed by atoms with E-state index in [0.29, 0.717) is 17.2 Å². The standard InChI is InChI=1S/C26H26N2O6S/c1-32-20-13-18(19(14-21(20)33-2)28-24(30)22-9-6-12-35-22)25(31)34-15-23(29)27-16-26(10-11-26)17-7-4-3-5-8-17/h3-9,12-14H,10-11,15-16H2,1-2H3,(H,27,29)(H,28,30). The first-order valence-electron chi connectivity index (χ1n) is 11.1. The minimum atomic E-state index is -0.772. The molecule has 35 heavy (non-hydrogen) atoms. The summed E-state index contributed by atoms with van der Waals surface area (Å²) >= 11 is 1.27. The van der Waals surface area contributed by atoms with Gasteiger partial charge in [-0.2, -0.15) is 0 Å². The van der Waals surface area contributed by atoms with Crippen molar-refractivity contribution in [3.8, 4) is 11.5 Å². The van der Waals surface area contributed by atoms with Crippen molar-refractivity contribution >= 4 is 34.8 Å². The third-order valence-corrected chi connectivity index (χ3v) is 6.80. The zero-order valence-corrected chi connectivity index (χ0v) is 20.3. The largest absolute Gasteiger partial charge is 0.493 e. The van der Waals surface area contributed by atoms with Crippen LogP contribution in [0.1, 0.15) is 38.4 Å². The number of carbonyl (C=O) groups is 3. The lowest BCUT2D eigenvalue weighted by atomic mass is 9.96. The fraction of sp³-hybridized carbons (Fsp3) is 0.269. The van der Waals surface area contributed by atoms with E-state index in [1.54, 1.807) is 17.5 Å². The first-order chi connectivity index (χ1) is 17.0. The molecule has 2 N–H and O–H groups in total. The molecule has 1 aliphatic rings. The molecule has 9 heteroatoms. The minimum absolute atomic E-state index is 0.0447. The van der Waals surface area contributed by atoms with Crippen LogP contribution in [0.5, 0.6) is 11.5 Å². The number of anilines is 1. The molecule has 4 rings (SSSR count). The van der Waals surface area contributed by atoms with Gasteiger partial charge in [0.1, 0.15) is 0 Å². The smallest absolute Gasteiger partial charge is 0.340 e. The number of carbonyl (C=O) groups excluding carboxylic acids is 3. The summed E-state index contributed by atoms with van der Waals surface area (Å²) in [7, 11) is 2.89. The number of amides is 2. The van der Waals surface area contributed by atoms with Crippen LogP contribution < -0.4 is 20.1 Å². The Morgan fingerprint density at radius 1 is 0.971 bits per heavy atom. The Kier molecular flexibility index (Phi) is 7.36. The maximum Gasteiger partial charge on any atom is 0.340 e. The average Bonchev–Trinajstić information content (AvgIpc) is 3.48. The highest BCUT2D eigenvalue weighted by Gasteiger charge is 2.44. The van der Waals surface area contributed by atoms with Gasteiger partial charge in [0.15, 0.2) is 18.1 Å². The lowest BCUT2D eigenvalue weighted by molar-refractivity contribution is -0.124. The van der Waals surface area contributed by atoms with Gasteiger partial charge in [0.05, 0.1) is 30.3 Å². The second-order valence-corrected chi connectivity index (χ2v) is 9.13. The van der Waals surface area contributed by atoms with Gasteiger partial charge in [-0.05, 0) is 29.9 Å². The van der Waals surface area contributed by atoms with Crippen LogP contribution in [0.3, 0.4) is 0 Å². The molecular formula is C26H26N2O6S. The molecule has 3 aromatic rings. The normalized spacial score (nSPS) is 13.4. The molecule has 8 nitrogen and oxygen atoms in total. The van der Waals surface area contributed by atoms with Gasteiger partial charge >= 0.3 is 5.97 Å². The maximum atomic E-state index is 12.9. The second-order valence-electron chi connectivity index (χ2n) is 8.18. The number of esters is 1. The molecule has 0 atom stereocenters. The SMILES string of the molecule is COc1cc(NC(=O)c2cccs2)c(C(=O)OCC(=O)NCC2(c3ccccc3)CC2)cc1OC. The topological polar surface area (TPSA) is 103 Å². The van der Waals surface area contributed by atoms with Crippen molar-refractivity contribution in [2.75, 3.05) is 32.7 Å². The first-order valence-corrected chi connectivity index (χ1v) is 11.9.